The summed E-state index contributed by atoms with van der Waals surface area (Å²) in [6.45, 7) is 9.19. The molecule has 1 unspecified atom stereocenters. The number of nitrogens with zero attached hydrogens (tertiary/aromatic N) is 2. The van der Waals surface area contributed by atoms with E-state index < -0.39 is 23.6 Å². The Balaban J connectivity index is 2.27. The summed E-state index contributed by atoms with van der Waals surface area (Å²) in [6.07, 6.45) is -0.190. The Hall–Kier alpha value is -1.89. The van der Waals surface area contributed by atoms with Crippen LogP contribution in [0.25, 0.3) is 0 Å². The molecule has 7 nitrogen and oxygen atoms in total. The number of hydrogen-bond donors (Lipinski definition) is 2. The second-order valence-electron chi connectivity index (χ2n) is 6.42. The Morgan fingerprint density at radius 3 is 2.36 bits per heavy atom. The number of carbonyl (C=O) groups excluding carboxylic acids is 3. The summed E-state index contributed by atoms with van der Waals surface area (Å²) in [5.41, 5.74) is 5.07. The van der Waals surface area contributed by atoms with Crippen LogP contribution >= 0.6 is 0 Å². The van der Waals surface area contributed by atoms with Gasteiger partial charge in [0.15, 0.2) is 0 Å². The van der Waals surface area contributed by atoms with Crippen LogP contribution < -0.4 is 5.73 Å². The molecular weight excluding hydrogens is 286 g/mol. The zero-order valence-electron chi connectivity index (χ0n) is 13.2. The fraction of sp³-hybridized carbons (Fsp3) is 0.667. The van der Waals surface area contributed by atoms with Crippen LogP contribution in [0.1, 0.15) is 33.6 Å². The van der Waals surface area contributed by atoms with Gasteiger partial charge in [-0.05, 0) is 13.3 Å². The predicted octanol–water partition coefficient (Wildman–Crippen LogP) is -0.406. The van der Waals surface area contributed by atoms with Crippen molar-refractivity contribution in [3.8, 4) is 0 Å². The number of rotatable bonds is 4. The third kappa shape index (κ3) is 2.20. The topological polar surface area (TPSA) is 104 Å². The molecule has 3 amide bonds. The molecule has 0 aromatic heterocycles. The van der Waals surface area contributed by atoms with Gasteiger partial charge in [0.2, 0.25) is 17.7 Å². The molecule has 3 N–H and O–H groups in total. The maximum atomic E-state index is 12.4. The summed E-state index contributed by atoms with van der Waals surface area (Å²) in [7, 11) is 0. The van der Waals surface area contributed by atoms with Crippen molar-refractivity contribution < 1.29 is 19.5 Å². The molecule has 0 radical (unpaired) electrons. The van der Waals surface area contributed by atoms with Crippen LogP contribution in [0.3, 0.4) is 0 Å². The van der Waals surface area contributed by atoms with Crippen LogP contribution in [0.2, 0.25) is 0 Å². The number of likely N-dealkylation sites (tertiary alicyclic amines) is 2. The van der Waals surface area contributed by atoms with E-state index in [0.717, 1.165) is 0 Å². The highest BCUT2D eigenvalue weighted by atomic mass is 16.3. The summed E-state index contributed by atoms with van der Waals surface area (Å²) in [5, 5.41) is 9.75. The normalized spacial score (nSPS) is 27.3. The van der Waals surface area contributed by atoms with Crippen molar-refractivity contribution in [3.63, 3.8) is 0 Å². The van der Waals surface area contributed by atoms with Crippen LogP contribution in [0, 0.1) is 5.92 Å². The van der Waals surface area contributed by atoms with Gasteiger partial charge in [0.25, 0.3) is 0 Å². The summed E-state index contributed by atoms with van der Waals surface area (Å²) < 4.78 is 0. The first-order chi connectivity index (χ1) is 10.1. The number of hydrogen-bond acceptors (Lipinski definition) is 5. The number of carbonyl (C=O) groups is 3. The van der Waals surface area contributed by atoms with Crippen molar-refractivity contribution in [3.05, 3.63) is 12.3 Å². The minimum absolute atomic E-state index is 0.216. The van der Waals surface area contributed by atoms with Crippen molar-refractivity contribution in [2.24, 2.45) is 11.7 Å². The largest absolute Gasteiger partial charge is 0.391 e. The van der Waals surface area contributed by atoms with Gasteiger partial charge in [0.1, 0.15) is 11.6 Å². The van der Waals surface area contributed by atoms with Crippen LogP contribution in [0.5, 0.6) is 0 Å². The van der Waals surface area contributed by atoms with Crippen molar-refractivity contribution in [1.82, 2.24) is 9.80 Å². The van der Waals surface area contributed by atoms with Gasteiger partial charge in [0, 0.05) is 24.6 Å². The van der Waals surface area contributed by atoms with Crippen LogP contribution in [0.4, 0.5) is 0 Å². The first-order valence-corrected chi connectivity index (χ1v) is 7.44. The monoisotopic (exact) mass is 309 g/mol. The molecule has 122 valence electrons. The SMILES string of the molecule is C=C1N([C@H](C(N)=O)[C@@H](C)O)CC12CCC(=O)N2C(=O)C(C)C. The van der Waals surface area contributed by atoms with Crippen molar-refractivity contribution in [2.45, 2.75) is 51.3 Å². The zero-order valence-corrected chi connectivity index (χ0v) is 13.2. The molecule has 0 aromatic rings. The van der Waals surface area contributed by atoms with E-state index in [-0.39, 0.29) is 30.7 Å². The lowest BCUT2D eigenvalue weighted by atomic mass is 9.80. The van der Waals surface area contributed by atoms with Crippen LogP contribution in [0.15, 0.2) is 12.3 Å². The molecule has 2 heterocycles. The zero-order chi connectivity index (χ0) is 16.8. The first kappa shape index (κ1) is 16.5. The number of imide groups is 1. The molecule has 1 spiro atoms. The van der Waals surface area contributed by atoms with E-state index in [1.807, 2.05) is 0 Å². The van der Waals surface area contributed by atoms with Crippen molar-refractivity contribution in [2.75, 3.05) is 6.54 Å². The molecule has 2 aliphatic heterocycles. The molecule has 0 aliphatic carbocycles. The second kappa shape index (κ2) is 5.39. The van der Waals surface area contributed by atoms with E-state index in [9.17, 15) is 19.5 Å². The minimum Gasteiger partial charge on any atom is -0.391 e. The van der Waals surface area contributed by atoms with E-state index in [1.165, 1.54) is 11.8 Å². The third-order valence-electron chi connectivity index (χ3n) is 4.54. The van der Waals surface area contributed by atoms with Gasteiger partial charge in [0.05, 0.1) is 6.10 Å². The first-order valence-electron chi connectivity index (χ1n) is 7.44. The predicted molar refractivity (Wildman–Crippen MR) is 79.2 cm³/mol. The Labute approximate surface area is 129 Å². The lowest BCUT2D eigenvalue weighted by Crippen LogP contribution is -2.72. The minimum atomic E-state index is -0.960. The van der Waals surface area contributed by atoms with Gasteiger partial charge in [-0.2, -0.15) is 0 Å². The van der Waals surface area contributed by atoms with E-state index in [0.29, 0.717) is 12.1 Å². The maximum absolute atomic E-state index is 12.4. The lowest BCUT2D eigenvalue weighted by molar-refractivity contribution is -0.154. The van der Waals surface area contributed by atoms with Crippen molar-refractivity contribution in [1.29, 1.82) is 0 Å². The number of primary amides is 1. The van der Waals surface area contributed by atoms with Crippen molar-refractivity contribution >= 4 is 17.7 Å². The quantitative estimate of drug-likeness (QED) is 0.735. The molecule has 3 atom stereocenters. The molecule has 22 heavy (non-hydrogen) atoms. The number of aliphatic hydroxyl groups is 1. The molecule has 2 rings (SSSR count). The molecule has 2 fully saturated rings. The highest BCUT2D eigenvalue weighted by Crippen LogP contribution is 2.47. The fourth-order valence-corrected chi connectivity index (χ4v) is 3.35. The van der Waals surface area contributed by atoms with Gasteiger partial charge < -0.3 is 15.7 Å². The average Bonchev–Trinajstić information content (AvgIpc) is 2.75. The Morgan fingerprint density at radius 2 is 1.95 bits per heavy atom. The van der Waals surface area contributed by atoms with Gasteiger partial charge in [-0.15, -0.1) is 0 Å². The number of aliphatic hydroxyl groups excluding tert-OH is 1. The van der Waals surface area contributed by atoms with E-state index in [1.54, 1.807) is 18.7 Å². The highest BCUT2D eigenvalue weighted by Gasteiger charge is 2.60. The van der Waals surface area contributed by atoms with E-state index in [4.69, 9.17) is 5.73 Å². The molecule has 0 bridgehead atoms. The van der Waals surface area contributed by atoms with Gasteiger partial charge in [-0.1, -0.05) is 20.4 Å². The molecule has 0 aromatic carbocycles. The average molecular weight is 309 g/mol. The van der Waals surface area contributed by atoms with Gasteiger partial charge >= 0.3 is 0 Å². The smallest absolute Gasteiger partial charge is 0.242 e. The molecule has 0 saturated carbocycles. The molecule has 2 saturated heterocycles. The maximum Gasteiger partial charge on any atom is 0.242 e. The number of nitrogens with two attached hydrogens (primary N) is 1. The summed E-state index contributed by atoms with van der Waals surface area (Å²) in [6, 6.07) is -0.898. The second-order valence-corrected chi connectivity index (χ2v) is 6.42. The molecule has 2 aliphatic rings. The standard InChI is InChI=1S/C15H23N3O4/c1-8(2)14(22)18-11(20)5-6-15(18)7-17(10(15)4)12(9(3)19)13(16)21/h8-9,12,19H,4-7H2,1-3H3,(H2,16,21)/t9-,12+,15?/m1/s1. The fourth-order valence-electron chi connectivity index (χ4n) is 3.35. The summed E-state index contributed by atoms with van der Waals surface area (Å²) >= 11 is 0. The number of amides is 3. The summed E-state index contributed by atoms with van der Waals surface area (Å²) in [4.78, 5) is 38.9. The Morgan fingerprint density at radius 1 is 1.36 bits per heavy atom. The van der Waals surface area contributed by atoms with E-state index in [2.05, 4.69) is 6.58 Å². The van der Waals surface area contributed by atoms with Crippen LogP contribution in [-0.4, -0.2) is 56.9 Å². The van der Waals surface area contributed by atoms with Gasteiger partial charge in [-0.3, -0.25) is 19.3 Å². The van der Waals surface area contributed by atoms with Gasteiger partial charge in [-0.25, -0.2) is 0 Å². The lowest BCUT2D eigenvalue weighted by Gasteiger charge is -2.57. The highest BCUT2D eigenvalue weighted by molar-refractivity contribution is 6.00. The summed E-state index contributed by atoms with van der Waals surface area (Å²) in [5.74, 6) is -1.41. The Bertz CT molecular complexity index is 543. The molecule has 7 heteroatoms. The third-order valence-corrected chi connectivity index (χ3v) is 4.54. The molecular formula is C15H23N3O4. The van der Waals surface area contributed by atoms with Crippen LogP contribution in [-0.2, 0) is 14.4 Å². The van der Waals surface area contributed by atoms with E-state index >= 15 is 0 Å². The Kier molecular flexibility index (Phi) is 4.04.